The van der Waals surface area contributed by atoms with Crippen molar-refractivity contribution in [2.24, 2.45) is 5.41 Å². The predicted octanol–water partition coefficient (Wildman–Crippen LogP) is 1.46. The van der Waals surface area contributed by atoms with Gasteiger partial charge in [0.05, 0.1) is 0 Å². The highest BCUT2D eigenvalue weighted by atomic mass is 16.2. The van der Waals surface area contributed by atoms with Crippen molar-refractivity contribution in [2.45, 2.75) is 44.9 Å². The Morgan fingerprint density at radius 3 is 2.25 bits per heavy atom. The van der Waals surface area contributed by atoms with Gasteiger partial charge in [-0.25, -0.2) is 0 Å². The lowest BCUT2D eigenvalue weighted by molar-refractivity contribution is -0.132. The lowest BCUT2D eigenvalue weighted by atomic mass is 9.77. The van der Waals surface area contributed by atoms with Crippen LogP contribution in [0.3, 0.4) is 0 Å². The van der Waals surface area contributed by atoms with Crippen LogP contribution < -0.4 is 5.32 Å². The van der Waals surface area contributed by atoms with E-state index in [2.05, 4.69) is 10.2 Å². The number of likely N-dealkylation sites (tertiary alicyclic amines) is 1. The Balaban J connectivity index is 1.38. The van der Waals surface area contributed by atoms with E-state index in [4.69, 9.17) is 0 Å². The molecule has 4 heteroatoms. The van der Waals surface area contributed by atoms with Gasteiger partial charge in [0.25, 0.3) is 0 Å². The molecule has 1 saturated carbocycles. The van der Waals surface area contributed by atoms with Gasteiger partial charge in [0.1, 0.15) is 0 Å². The Hall–Kier alpha value is -0.610. The minimum atomic E-state index is 0.354. The van der Waals surface area contributed by atoms with E-state index >= 15 is 0 Å². The molecule has 2 heterocycles. The predicted molar refractivity (Wildman–Crippen MR) is 80.6 cm³/mol. The highest BCUT2D eigenvalue weighted by Crippen LogP contribution is 2.46. The van der Waals surface area contributed by atoms with Crippen molar-refractivity contribution in [3.63, 3.8) is 0 Å². The lowest BCUT2D eigenvalue weighted by Gasteiger charge is -2.39. The zero-order chi connectivity index (χ0) is 13.8. The van der Waals surface area contributed by atoms with E-state index in [1.54, 1.807) is 0 Å². The fourth-order valence-corrected chi connectivity index (χ4v) is 4.20. The first-order chi connectivity index (χ1) is 9.77. The standard InChI is InChI=1S/C16H29N3O/c20-15(19-13-8-17-9-14-19)3-10-18-11-6-16(7-12-18)4-1-2-5-16/h17H,1-14H2. The van der Waals surface area contributed by atoms with Crippen LogP contribution in [0.1, 0.15) is 44.9 Å². The average molecular weight is 279 g/mol. The summed E-state index contributed by atoms with van der Waals surface area (Å²) in [5.41, 5.74) is 0.694. The van der Waals surface area contributed by atoms with Gasteiger partial charge in [0.15, 0.2) is 0 Å². The molecule has 2 saturated heterocycles. The summed E-state index contributed by atoms with van der Waals surface area (Å²) < 4.78 is 0. The van der Waals surface area contributed by atoms with Gasteiger partial charge in [0, 0.05) is 39.1 Å². The minimum Gasteiger partial charge on any atom is -0.340 e. The van der Waals surface area contributed by atoms with Crippen molar-refractivity contribution in [3.05, 3.63) is 0 Å². The maximum absolute atomic E-state index is 12.2. The van der Waals surface area contributed by atoms with E-state index in [0.717, 1.165) is 32.7 Å². The number of carbonyl (C=O) groups excluding carboxylic acids is 1. The van der Waals surface area contributed by atoms with Gasteiger partial charge in [0.2, 0.25) is 5.91 Å². The molecule has 3 fully saturated rings. The summed E-state index contributed by atoms with van der Waals surface area (Å²) >= 11 is 0. The number of nitrogens with zero attached hydrogens (tertiary/aromatic N) is 2. The van der Waals surface area contributed by atoms with Crippen LogP contribution in [0.4, 0.5) is 0 Å². The van der Waals surface area contributed by atoms with Crippen LogP contribution in [0.15, 0.2) is 0 Å². The van der Waals surface area contributed by atoms with Crippen molar-refractivity contribution in [1.82, 2.24) is 15.1 Å². The third-order valence-electron chi connectivity index (χ3n) is 5.69. The average Bonchev–Trinajstić information content (AvgIpc) is 2.96. The molecule has 1 N–H and O–H groups in total. The Morgan fingerprint density at radius 1 is 0.950 bits per heavy atom. The number of rotatable bonds is 3. The van der Waals surface area contributed by atoms with E-state index in [1.165, 1.54) is 51.6 Å². The quantitative estimate of drug-likeness (QED) is 0.849. The summed E-state index contributed by atoms with van der Waals surface area (Å²) in [6, 6.07) is 0. The molecule has 2 aliphatic heterocycles. The molecule has 0 atom stereocenters. The molecule has 1 spiro atoms. The molecule has 3 rings (SSSR count). The molecule has 0 aromatic rings. The van der Waals surface area contributed by atoms with Crippen LogP contribution in [0.5, 0.6) is 0 Å². The summed E-state index contributed by atoms with van der Waals surface area (Å²) in [5, 5.41) is 3.30. The third kappa shape index (κ3) is 3.34. The fraction of sp³-hybridized carbons (Fsp3) is 0.938. The Labute approximate surface area is 122 Å². The molecule has 114 valence electrons. The number of piperazine rings is 1. The second kappa shape index (κ2) is 6.44. The molecule has 3 aliphatic rings. The second-order valence-corrected chi connectivity index (χ2v) is 6.93. The highest BCUT2D eigenvalue weighted by molar-refractivity contribution is 5.76. The van der Waals surface area contributed by atoms with Crippen molar-refractivity contribution < 1.29 is 4.79 Å². The number of amides is 1. The number of piperidine rings is 1. The summed E-state index contributed by atoms with van der Waals surface area (Å²) in [5.74, 6) is 0.354. The van der Waals surface area contributed by atoms with Gasteiger partial charge >= 0.3 is 0 Å². The molecule has 0 radical (unpaired) electrons. The minimum absolute atomic E-state index is 0.354. The van der Waals surface area contributed by atoms with E-state index in [0.29, 0.717) is 17.7 Å². The van der Waals surface area contributed by atoms with Gasteiger partial charge < -0.3 is 15.1 Å². The summed E-state index contributed by atoms with van der Waals surface area (Å²) in [6.07, 6.45) is 9.26. The SMILES string of the molecule is O=C(CCN1CCC2(CCCC2)CC1)N1CCNCC1. The molecule has 1 amide bonds. The molecule has 20 heavy (non-hydrogen) atoms. The molecule has 4 nitrogen and oxygen atoms in total. The number of hydrogen-bond donors (Lipinski definition) is 1. The maximum atomic E-state index is 12.2. The normalized spacial score (nSPS) is 27.1. The fourth-order valence-electron chi connectivity index (χ4n) is 4.20. The molecule has 1 aliphatic carbocycles. The first-order valence-corrected chi connectivity index (χ1v) is 8.48. The van der Waals surface area contributed by atoms with Gasteiger partial charge in [-0.05, 0) is 44.2 Å². The monoisotopic (exact) mass is 279 g/mol. The van der Waals surface area contributed by atoms with Crippen molar-refractivity contribution in [3.8, 4) is 0 Å². The molecule has 0 unspecified atom stereocenters. The third-order valence-corrected chi connectivity index (χ3v) is 5.69. The molecule has 0 aromatic carbocycles. The number of carbonyl (C=O) groups is 1. The van der Waals surface area contributed by atoms with E-state index in [9.17, 15) is 4.79 Å². The summed E-state index contributed by atoms with van der Waals surface area (Å²) in [6.45, 7) is 7.10. The van der Waals surface area contributed by atoms with Crippen molar-refractivity contribution in [2.75, 3.05) is 45.8 Å². The summed E-state index contributed by atoms with van der Waals surface area (Å²) in [7, 11) is 0. The van der Waals surface area contributed by atoms with Crippen LogP contribution in [-0.2, 0) is 4.79 Å². The zero-order valence-corrected chi connectivity index (χ0v) is 12.7. The van der Waals surface area contributed by atoms with Gasteiger partial charge in [-0.1, -0.05) is 12.8 Å². The molecule has 0 aromatic heterocycles. The summed E-state index contributed by atoms with van der Waals surface area (Å²) in [4.78, 5) is 16.7. The Morgan fingerprint density at radius 2 is 1.60 bits per heavy atom. The van der Waals surface area contributed by atoms with Crippen LogP contribution in [0, 0.1) is 5.41 Å². The van der Waals surface area contributed by atoms with Crippen LogP contribution in [0.25, 0.3) is 0 Å². The topological polar surface area (TPSA) is 35.6 Å². The van der Waals surface area contributed by atoms with Crippen molar-refractivity contribution >= 4 is 5.91 Å². The highest BCUT2D eigenvalue weighted by Gasteiger charge is 2.36. The second-order valence-electron chi connectivity index (χ2n) is 6.93. The Kier molecular flexibility index (Phi) is 4.61. The van der Waals surface area contributed by atoms with E-state index in [1.807, 2.05) is 4.90 Å². The Bertz CT molecular complexity index is 323. The van der Waals surface area contributed by atoms with Gasteiger partial charge in [-0.15, -0.1) is 0 Å². The maximum Gasteiger partial charge on any atom is 0.223 e. The zero-order valence-electron chi connectivity index (χ0n) is 12.7. The number of hydrogen-bond acceptors (Lipinski definition) is 3. The first-order valence-electron chi connectivity index (χ1n) is 8.48. The van der Waals surface area contributed by atoms with E-state index in [-0.39, 0.29) is 0 Å². The van der Waals surface area contributed by atoms with Gasteiger partial charge in [-0.2, -0.15) is 0 Å². The molecular weight excluding hydrogens is 250 g/mol. The van der Waals surface area contributed by atoms with Crippen LogP contribution in [0.2, 0.25) is 0 Å². The number of nitrogens with one attached hydrogen (secondary N) is 1. The molecular formula is C16H29N3O. The van der Waals surface area contributed by atoms with Crippen LogP contribution >= 0.6 is 0 Å². The van der Waals surface area contributed by atoms with Crippen molar-refractivity contribution in [1.29, 1.82) is 0 Å². The van der Waals surface area contributed by atoms with Crippen LogP contribution in [-0.4, -0.2) is 61.5 Å². The van der Waals surface area contributed by atoms with E-state index < -0.39 is 0 Å². The smallest absolute Gasteiger partial charge is 0.223 e. The first kappa shape index (κ1) is 14.3. The van der Waals surface area contributed by atoms with Gasteiger partial charge in [-0.3, -0.25) is 4.79 Å². The largest absolute Gasteiger partial charge is 0.340 e. The molecule has 0 bridgehead atoms. The lowest BCUT2D eigenvalue weighted by Crippen LogP contribution is -2.47.